The van der Waals surface area contributed by atoms with Crippen molar-refractivity contribution in [1.82, 2.24) is 15.0 Å². The number of aromatic nitrogens is 3. The van der Waals surface area contributed by atoms with Gasteiger partial charge >= 0.3 is 0 Å². The molecular weight excluding hydrogens is 414 g/mol. The lowest BCUT2D eigenvalue weighted by Gasteiger charge is -2.13. The Morgan fingerprint density at radius 3 is 2.61 bits per heavy atom. The minimum Gasteiger partial charge on any atom is -0.487 e. The fourth-order valence-corrected chi connectivity index (χ4v) is 3.31. The lowest BCUT2D eigenvalue weighted by atomic mass is 10.1. The molecule has 0 unspecified atom stereocenters. The van der Waals surface area contributed by atoms with Gasteiger partial charge in [0.1, 0.15) is 18.2 Å². The van der Waals surface area contributed by atoms with Gasteiger partial charge in [-0.05, 0) is 54.1 Å². The van der Waals surface area contributed by atoms with Crippen LogP contribution in [0.1, 0.15) is 21.6 Å². The van der Waals surface area contributed by atoms with Crippen LogP contribution in [0.15, 0.2) is 73.2 Å². The number of ether oxygens (including phenoxy) is 1. The van der Waals surface area contributed by atoms with E-state index in [1.165, 1.54) is 0 Å². The van der Waals surface area contributed by atoms with Crippen molar-refractivity contribution in [2.24, 2.45) is 5.73 Å². The Labute approximate surface area is 184 Å². The fourth-order valence-electron chi connectivity index (χ4n) is 3.03. The third-order valence-electron chi connectivity index (χ3n) is 4.64. The summed E-state index contributed by atoms with van der Waals surface area (Å²) in [6.07, 6.45) is 5.06. The summed E-state index contributed by atoms with van der Waals surface area (Å²) in [5.74, 6) is 0.994. The molecule has 4 rings (SSSR count). The van der Waals surface area contributed by atoms with Gasteiger partial charge in [0.2, 0.25) is 0 Å². The number of halogens is 1. The summed E-state index contributed by atoms with van der Waals surface area (Å²) in [6, 6.07) is 16.1. The van der Waals surface area contributed by atoms with E-state index in [9.17, 15) is 4.79 Å². The predicted octanol–water partition coefficient (Wildman–Crippen LogP) is 4.42. The van der Waals surface area contributed by atoms with Crippen molar-refractivity contribution in [2.75, 3.05) is 5.32 Å². The van der Waals surface area contributed by atoms with Gasteiger partial charge in [0, 0.05) is 41.9 Å². The van der Waals surface area contributed by atoms with Crippen molar-refractivity contribution in [3.63, 3.8) is 0 Å². The molecule has 0 fully saturated rings. The number of carbonyl (C=O) groups excluding carboxylic acids is 1. The lowest BCUT2D eigenvalue weighted by molar-refractivity contribution is 0.102. The number of aromatic amines is 1. The summed E-state index contributed by atoms with van der Waals surface area (Å²) in [4.78, 5) is 24.3. The molecule has 0 radical (unpaired) electrons. The van der Waals surface area contributed by atoms with Crippen LogP contribution in [0.4, 0.5) is 5.69 Å². The first-order valence-corrected chi connectivity index (χ1v) is 9.98. The van der Waals surface area contributed by atoms with Gasteiger partial charge in [0.05, 0.1) is 10.7 Å². The molecule has 0 atom stereocenters. The molecule has 8 heteroatoms. The third kappa shape index (κ3) is 4.91. The fraction of sp³-hybridized carbons (Fsp3) is 0.0870. The van der Waals surface area contributed by atoms with E-state index < -0.39 is 0 Å². The average molecular weight is 434 g/mol. The number of anilines is 1. The molecule has 31 heavy (non-hydrogen) atoms. The standard InChI is InChI=1S/C23H20ClN5O2/c24-20-11-16(13-25)21(12-19(20)22-27-9-10-28-22)29-23(30)15-4-6-18(7-5-15)31-14-17-3-1-2-8-26-17/h1-12H,13-14,25H2,(H,27,28)(H,29,30). The van der Waals surface area contributed by atoms with E-state index in [1.807, 2.05) is 18.2 Å². The highest BCUT2D eigenvalue weighted by Crippen LogP contribution is 2.31. The van der Waals surface area contributed by atoms with Crippen LogP contribution < -0.4 is 15.8 Å². The molecule has 0 saturated heterocycles. The monoisotopic (exact) mass is 433 g/mol. The smallest absolute Gasteiger partial charge is 0.255 e. The summed E-state index contributed by atoms with van der Waals surface area (Å²) < 4.78 is 5.72. The number of carbonyl (C=O) groups is 1. The Balaban J connectivity index is 1.48. The van der Waals surface area contributed by atoms with Crippen LogP contribution >= 0.6 is 11.6 Å². The summed E-state index contributed by atoms with van der Waals surface area (Å²) >= 11 is 6.37. The molecular formula is C23H20ClN5O2. The Morgan fingerprint density at radius 1 is 1.10 bits per heavy atom. The number of H-pyrrole nitrogens is 1. The lowest BCUT2D eigenvalue weighted by Crippen LogP contribution is -2.14. The molecule has 0 aliphatic rings. The summed E-state index contributed by atoms with van der Waals surface area (Å²) in [5, 5.41) is 3.42. The van der Waals surface area contributed by atoms with Crippen molar-refractivity contribution in [2.45, 2.75) is 13.2 Å². The molecule has 2 aromatic heterocycles. The zero-order chi connectivity index (χ0) is 21.6. The van der Waals surface area contributed by atoms with Crippen LogP contribution in [0, 0.1) is 0 Å². The second kappa shape index (κ2) is 9.42. The Morgan fingerprint density at radius 2 is 1.94 bits per heavy atom. The van der Waals surface area contributed by atoms with Gasteiger partial charge in [0.25, 0.3) is 5.91 Å². The molecule has 0 aliphatic carbocycles. The minimum absolute atomic E-state index is 0.230. The van der Waals surface area contributed by atoms with Crippen LogP contribution in [0.25, 0.3) is 11.4 Å². The highest BCUT2D eigenvalue weighted by Gasteiger charge is 2.14. The van der Waals surface area contributed by atoms with Crippen molar-refractivity contribution in [3.05, 3.63) is 95.0 Å². The summed E-state index contributed by atoms with van der Waals surface area (Å²) in [7, 11) is 0. The van der Waals surface area contributed by atoms with Gasteiger partial charge in [0.15, 0.2) is 0 Å². The number of rotatable bonds is 7. The van der Waals surface area contributed by atoms with E-state index in [-0.39, 0.29) is 12.5 Å². The Kier molecular flexibility index (Phi) is 6.26. The number of imidazole rings is 1. The van der Waals surface area contributed by atoms with Crippen LogP contribution in [-0.2, 0) is 13.2 Å². The van der Waals surface area contributed by atoms with E-state index >= 15 is 0 Å². The first kappa shape index (κ1) is 20.6. The highest BCUT2D eigenvalue weighted by molar-refractivity contribution is 6.33. The molecule has 4 N–H and O–H groups in total. The SMILES string of the molecule is NCc1cc(Cl)c(-c2ncc[nH]2)cc1NC(=O)c1ccc(OCc2ccccn2)cc1. The van der Waals surface area contributed by atoms with Crippen LogP contribution in [0.2, 0.25) is 5.02 Å². The van der Waals surface area contributed by atoms with Crippen molar-refractivity contribution in [3.8, 4) is 17.1 Å². The summed E-state index contributed by atoms with van der Waals surface area (Å²) in [5.41, 5.74) is 9.15. The first-order valence-electron chi connectivity index (χ1n) is 9.60. The van der Waals surface area contributed by atoms with Gasteiger partial charge in [-0.2, -0.15) is 0 Å². The quantitative estimate of drug-likeness (QED) is 0.400. The van der Waals surface area contributed by atoms with Gasteiger partial charge in [-0.15, -0.1) is 0 Å². The largest absolute Gasteiger partial charge is 0.487 e. The van der Waals surface area contributed by atoms with E-state index in [1.54, 1.807) is 55.0 Å². The van der Waals surface area contributed by atoms with Crippen molar-refractivity contribution in [1.29, 1.82) is 0 Å². The van der Waals surface area contributed by atoms with Gasteiger partial charge in [-0.25, -0.2) is 4.98 Å². The second-order valence-corrected chi connectivity index (χ2v) is 7.13. The van der Waals surface area contributed by atoms with Crippen LogP contribution in [0.5, 0.6) is 5.75 Å². The van der Waals surface area contributed by atoms with E-state index in [2.05, 4.69) is 20.3 Å². The number of nitrogens with one attached hydrogen (secondary N) is 2. The molecule has 1 amide bonds. The van der Waals surface area contributed by atoms with E-state index in [0.29, 0.717) is 40.0 Å². The number of amides is 1. The molecule has 2 heterocycles. The van der Waals surface area contributed by atoms with Crippen LogP contribution in [-0.4, -0.2) is 20.9 Å². The summed E-state index contributed by atoms with van der Waals surface area (Å²) in [6.45, 7) is 0.584. The number of benzene rings is 2. The molecule has 0 saturated carbocycles. The molecule has 0 bridgehead atoms. The third-order valence-corrected chi connectivity index (χ3v) is 4.96. The zero-order valence-electron chi connectivity index (χ0n) is 16.5. The molecule has 0 aliphatic heterocycles. The van der Waals surface area contributed by atoms with Gasteiger partial charge in [-0.3, -0.25) is 9.78 Å². The number of nitrogens with zero attached hydrogens (tertiary/aromatic N) is 2. The molecule has 0 spiro atoms. The van der Waals surface area contributed by atoms with Crippen molar-refractivity contribution >= 4 is 23.2 Å². The van der Waals surface area contributed by atoms with Gasteiger partial charge < -0.3 is 20.8 Å². The maximum atomic E-state index is 12.8. The number of hydrogen-bond acceptors (Lipinski definition) is 5. The highest BCUT2D eigenvalue weighted by atomic mass is 35.5. The Bertz CT molecular complexity index is 1160. The predicted molar refractivity (Wildman–Crippen MR) is 120 cm³/mol. The maximum Gasteiger partial charge on any atom is 0.255 e. The van der Waals surface area contributed by atoms with Crippen molar-refractivity contribution < 1.29 is 9.53 Å². The maximum absolute atomic E-state index is 12.8. The van der Waals surface area contributed by atoms with E-state index in [0.717, 1.165) is 11.3 Å². The molecule has 2 aromatic carbocycles. The molecule has 4 aromatic rings. The Hall–Kier alpha value is -3.68. The van der Waals surface area contributed by atoms with E-state index in [4.69, 9.17) is 22.1 Å². The first-order chi connectivity index (χ1) is 15.1. The number of nitrogens with two attached hydrogens (primary N) is 1. The topological polar surface area (TPSA) is 106 Å². The number of hydrogen-bond donors (Lipinski definition) is 3. The normalized spacial score (nSPS) is 10.6. The second-order valence-electron chi connectivity index (χ2n) is 6.72. The molecule has 7 nitrogen and oxygen atoms in total. The van der Waals surface area contributed by atoms with Crippen LogP contribution in [0.3, 0.4) is 0 Å². The minimum atomic E-state index is -0.265. The average Bonchev–Trinajstić information content (AvgIpc) is 3.34. The van der Waals surface area contributed by atoms with Gasteiger partial charge in [-0.1, -0.05) is 17.7 Å². The number of pyridine rings is 1. The zero-order valence-corrected chi connectivity index (χ0v) is 17.3. The molecule has 156 valence electrons.